The van der Waals surface area contributed by atoms with Crippen molar-refractivity contribution < 1.29 is 9.18 Å². The average molecular weight is 286 g/mol. The maximum absolute atomic E-state index is 13.5. The van der Waals surface area contributed by atoms with E-state index in [0.717, 1.165) is 17.7 Å². The molecule has 21 heavy (non-hydrogen) atoms. The van der Waals surface area contributed by atoms with Crippen LogP contribution in [0.2, 0.25) is 0 Å². The Morgan fingerprint density at radius 1 is 1.29 bits per heavy atom. The van der Waals surface area contributed by atoms with Gasteiger partial charge in [0.25, 0.3) is 0 Å². The third-order valence-corrected chi connectivity index (χ3v) is 3.38. The SMILES string of the molecule is CCCC(=O)N(C)[C@H](c1cccc(F)c1)c1ccccn1. The van der Waals surface area contributed by atoms with E-state index < -0.39 is 0 Å². The molecule has 110 valence electrons. The molecule has 2 aromatic rings. The average Bonchev–Trinajstić information content (AvgIpc) is 2.49. The van der Waals surface area contributed by atoms with Gasteiger partial charge in [0.2, 0.25) is 5.91 Å². The largest absolute Gasteiger partial charge is 0.333 e. The zero-order chi connectivity index (χ0) is 15.2. The minimum absolute atomic E-state index is 0.0254. The van der Waals surface area contributed by atoms with Crippen LogP contribution in [0.15, 0.2) is 48.7 Å². The number of pyridine rings is 1. The topological polar surface area (TPSA) is 33.2 Å². The Bertz CT molecular complexity index is 601. The third-order valence-electron chi connectivity index (χ3n) is 3.38. The van der Waals surface area contributed by atoms with Gasteiger partial charge in [0.15, 0.2) is 0 Å². The molecule has 0 spiro atoms. The van der Waals surface area contributed by atoms with E-state index in [4.69, 9.17) is 0 Å². The molecule has 0 aliphatic carbocycles. The smallest absolute Gasteiger partial charge is 0.223 e. The summed E-state index contributed by atoms with van der Waals surface area (Å²) in [5.74, 6) is -0.290. The number of hydrogen-bond donors (Lipinski definition) is 0. The van der Waals surface area contributed by atoms with Crippen molar-refractivity contribution in [1.82, 2.24) is 9.88 Å². The molecule has 1 heterocycles. The lowest BCUT2D eigenvalue weighted by atomic mass is 10.0. The van der Waals surface area contributed by atoms with Gasteiger partial charge >= 0.3 is 0 Å². The van der Waals surface area contributed by atoms with Crippen LogP contribution in [0.1, 0.15) is 37.1 Å². The number of hydrogen-bond acceptors (Lipinski definition) is 2. The Morgan fingerprint density at radius 3 is 2.71 bits per heavy atom. The maximum atomic E-state index is 13.5. The van der Waals surface area contributed by atoms with Crippen molar-refractivity contribution in [2.75, 3.05) is 7.05 Å². The molecule has 4 heteroatoms. The van der Waals surface area contributed by atoms with E-state index in [1.54, 1.807) is 24.2 Å². The Balaban J connectivity index is 2.42. The van der Waals surface area contributed by atoms with Gasteiger partial charge in [-0.3, -0.25) is 9.78 Å². The first-order valence-electron chi connectivity index (χ1n) is 7.05. The molecule has 0 saturated carbocycles. The standard InChI is InChI=1S/C17H19FN2O/c1-3-7-16(21)20(2)17(15-10-4-5-11-19-15)13-8-6-9-14(18)12-13/h4-6,8-12,17H,3,7H2,1-2H3/t17-/m1/s1. The van der Waals surface area contributed by atoms with E-state index in [1.807, 2.05) is 31.2 Å². The van der Waals surface area contributed by atoms with Crippen molar-refractivity contribution in [3.8, 4) is 0 Å². The highest BCUT2D eigenvalue weighted by Gasteiger charge is 2.24. The number of rotatable bonds is 5. The predicted molar refractivity (Wildman–Crippen MR) is 80.2 cm³/mol. The summed E-state index contributed by atoms with van der Waals surface area (Å²) < 4.78 is 13.5. The summed E-state index contributed by atoms with van der Waals surface area (Å²) in [6, 6.07) is 11.5. The monoisotopic (exact) mass is 286 g/mol. The van der Waals surface area contributed by atoms with Crippen molar-refractivity contribution in [1.29, 1.82) is 0 Å². The molecule has 0 N–H and O–H groups in total. The summed E-state index contributed by atoms with van der Waals surface area (Å²) >= 11 is 0. The van der Waals surface area contributed by atoms with Crippen molar-refractivity contribution in [3.63, 3.8) is 0 Å². The van der Waals surface area contributed by atoms with E-state index in [2.05, 4.69) is 4.98 Å². The summed E-state index contributed by atoms with van der Waals surface area (Å²) in [6.07, 6.45) is 2.93. The third kappa shape index (κ3) is 3.66. The van der Waals surface area contributed by atoms with E-state index in [1.165, 1.54) is 12.1 Å². The van der Waals surface area contributed by atoms with Gasteiger partial charge in [0, 0.05) is 19.7 Å². The minimum atomic E-state index is -0.374. The van der Waals surface area contributed by atoms with E-state index >= 15 is 0 Å². The van der Waals surface area contributed by atoms with Gasteiger partial charge in [-0.1, -0.05) is 25.1 Å². The molecule has 2 rings (SSSR count). The zero-order valence-corrected chi connectivity index (χ0v) is 12.3. The molecule has 0 bridgehead atoms. The van der Waals surface area contributed by atoms with E-state index in [0.29, 0.717) is 6.42 Å². The van der Waals surface area contributed by atoms with Crippen molar-refractivity contribution in [3.05, 3.63) is 65.7 Å². The van der Waals surface area contributed by atoms with Gasteiger partial charge in [0.05, 0.1) is 11.7 Å². The maximum Gasteiger partial charge on any atom is 0.223 e. The van der Waals surface area contributed by atoms with Crippen LogP contribution in [0.25, 0.3) is 0 Å². The fourth-order valence-electron chi connectivity index (χ4n) is 2.34. The summed E-state index contributed by atoms with van der Waals surface area (Å²) in [4.78, 5) is 18.2. The van der Waals surface area contributed by atoms with Crippen LogP contribution in [-0.4, -0.2) is 22.8 Å². The fraction of sp³-hybridized carbons (Fsp3) is 0.294. The Morgan fingerprint density at radius 2 is 2.10 bits per heavy atom. The Labute approximate surface area is 124 Å². The number of aromatic nitrogens is 1. The molecule has 0 saturated heterocycles. The first kappa shape index (κ1) is 15.2. The predicted octanol–water partition coefficient (Wildman–Crippen LogP) is 3.57. The van der Waals surface area contributed by atoms with Crippen LogP contribution in [0.3, 0.4) is 0 Å². The highest BCUT2D eigenvalue weighted by molar-refractivity contribution is 5.76. The van der Waals surface area contributed by atoms with Crippen molar-refractivity contribution >= 4 is 5.91 Å². The Hall–Kier alpha value is -2.23. The molecule has 3 nitrogen and oxygen atoms in total. The van der Waals surface area contributed by atoms with Crippen LogP contribution < -0.4 is 0 Å². The van der Waals surface area contributed by atoms with Gasteiger partial charge in [-0.2, -0.15) is 0 Å². The molecule has 1 aromatic carbocycles. The minimum Gasteiger partial charge on any atom is -0.333 e. The van der Waals surface area contributed by atoms with Crippen LogP contribution in [0.4, 0.5) is 4.39 Å². The van der Waals surface area contributed by atoms with E-state index in [9.17, 15) is 9.18 Å². The summed E-state index contributed by atoms with van der Waals surface area (Å²) in [6.45, 7) is 1.96. The lowest BCUT2D eigenvalue weighted by Crippen LogP contribution is -2.32. The van der Waals surface area contributed by atoms with Crippen molar-refractivity contribution in [2.24, 2.45) is 0 Å². The molecule has 0 fully saturated rings. The molecular formula is C17H19FN2O. The molecule has 0 radical (unpaired) electrons. The first-order valence-corrected chi connectivity index (χ1v) is 7.05. The number of halogens is 1. The summed E-state index contributed by atoms with van der Waals surface area (Å²) in [7, 11) is 1.74. The number of nitrogens with zero attached hydrogens (tertiary/aromatic N) is 2. The highest BCUT2D eigenvalue weighted by Crippen LogP contribution is 2.27. The van der Waals surface area contributed by atoms with Crippen LogP contribution in [-0.2, 0) is 4.79 Å². The molecule has 1 amide bonds. The van der Waals surface area contributed by atoms with Gasteiger partial charge in [0.1, 0.15) is 5.82 Å². The van der Waals surface area contributed by atoms with E-state index in [-0.39, 0.29) is 17.8 Å². The second kappa shape index (κ2) is 6.97. The second-order valence-electron chi connectivity index (χ2n) is 4.97. The quantitative estimate of drug-likeness (QED) is 0.842. The highest BCUT2D eigenvalue weighted by atomic mass is 19.1. The van der Waals surface area contributed by atoms with Crippen molar-refractivity contribution in [2.45, 2.75) is 25.8 Å². The summed E-state index contributed by atoms with van der Waals surface area (Å²) in [5, 5.41) is 0. The van der Waals surface area contributed by atoms with Gasteiger partial charge < -0.3 is 4.90 Å². The number of carbonyl (C=O) groups excluding carboxylic acids is 1. The lowest BCUT2D eigenvalue weighted by molar-refractivity contribution is -0.131. The molecule has 0 aliphatic heterocycles. The number of benzene rings is 1. The van der Waals surface area contributed by atoms with Crippen LogP contribution in [0.5, 0.6) is 0 Å². The molecule has 0 unspecified atom stereocenters. The second-order valence-corrected chi connectivity index (χ2v) is 4.97. The summed E-state index contributed by atoms with van der Waals surface area (Å²) in [5.41, 5.74) is 1.45. The normalized spacial score (nSPS) is 12.0. The molecular weight excluding hydrogens is 267 g/mol. The Kier molecular flexibility index (Phi) is 5.04. The first-order chi connectivity index (χ1) is 10.1. The molecule has 1 atom stereocenters. The van der Waals surface area contributed by atoms with Crippen LogP contribution in [0, 0.1) is 5.82 Å². The van der Waals surface area contributed by atoms with Gasteiger partial charge in [-0.15, -0.1) is 0 Å². The molecule has 0 aliphatic rings. The van der Waals surface area contributed by atoms with Crippen LogP contribution >= 0.6 is 0 Å². The number of amides is 1. The molecule has 1 aromatic heterocycles. The zero-order valence-electron chi connectivity index (χ0n) is 12.3. The fourth-order valence-corrected chi connectivity index (χ4v) is 2.34. The number of carbonyl (C=O) groups is 1. The lowest BCUT2D eigenvalue weighted by Gasteiger charge is -2.28. The van der Waals surface area contributed by atoms with Gasteiger partial charge in [-0.25, -0.2) is 4.39 Å². The van der Waals surface area contributed by atoms with Gasteiger partial charge in [-0.05, 0) is 36.2 Å².